The number of rotatable bonds is 9. The van der Waals surface area contributed by atoms with Gasteiger partial charge in [0.1, 0.15) is 6.61 Å². The number of hydrogen-bond acceptors (Lipinski definition) is 5. The van der Waals surface area contributed by atoms with E-state index < -0.39 is 12.0 Å². The molecule has 2 aromatic rings. The van der Waals surface area contributed by atoms with Gasteiger partial charge in [-0.05, 0) is 31.9 Å². The van der Waals surface area contributed by atoms with Crippen molar-refractivity contribution in [1.82, 2.24) is 10.6 Å². The van der Waals surface area contributed by atoms with E-state index in [1.807, 2.05) is 50.2 Å². The molecule has 0 fully saturated rings. The quantitative estimate of drug-likeness (QED) is 0.561. The summed E-state index contributed by atoms with van der Waals surface area (Å²) in [6.07, 6.45) is 1.31. The van der Waals surface area contributed by atoms with Gasteiger partial charge in [0.2, 0.25) is 0 Å². The molecule has 2 amide bonds. The van der Waals surface area contributed by atoms with Gasteiger partial charge in [0.15, 0.2) is 11.5 Å². The average molecular weight is 439 g/mol. The molecule has 7 heteroatoms. The Morgan fingerprint density at radius 1 is 1.12 bits per heavy atom. The minimum Gasteiger partial charge on any atom is -0.493 e. The third-order valence-electron chi connectivity index (χ3n) is 5.15. The van der Waals surface area contributed by atoms with Gasteiger partial charge in [0.25, 0.3) is 0 Å². The molecule has 2 aromatic carbocycles. The van der Waals surface area contributed by atoms with Gasteiger partial charge in [-0.15, -0.1) is 0 Å². The molecule has 2 N–H and O–H groups in total. The number of urea groups is 1. The van der Waals surface area contributed by atoms with Gasteiger partial charge in [-0.3, -0.25) is 0 Å². The summed E-state index contributed by atoms with van der Waals surface area (Å²) in [5.41, 5.74) is 3.70. The van der Waals surface area contributed by atoms with Crippen LogP contribution in [0.4, 0.5) is 4.79 Å². The summed E-state index contributed by atoms with van der Waals surface area (Å²) in [7, 11) is 1.56. The lowest BCUT2D eigenvalue weighted by molar-refractivity contribution is -0.139. The minimum atomic E-state index is -0.730. The summed E-state index contributed by atoms with van der Waals surface area (Å²) < 4.78 is 17.1. The average Bonchev–Trinajstić information content (AvgIpc) is 2.77. The number of hydrogen-bond donors (Lipinski definition) is 2. The zero-order valence-corrected chi connectivity index (χ0v) is 19.0. The van der Waals surface area contributed by atoms with E-state index in [4.69, 9.17) is 14.2 Å². The molecule has 1 heterocycles. The highest BCUT2D eigenvalue weighted by atomic mass is 16.5. The molecule has 0 aliphatic carbocycles. The number of methoxy groups -OCH3 is 1. The molecule has 3 rings (SSSR count). The smallest absolute Gasteiger partial charge is 0.338 e. The van der Waals surface area contributed by atoms with Crippen LogP contribution >= 0.6 is 0 Å². The van der Waals surface area contributed by atoms with Crippen molar-refractivity contribution < 1.29 is 23.8 Å². The van der Waals surface area contributed by atoms with E-state index in [9.17, 15) is 9.59 Å². The molecule has 7 nitrogen and oxygen atoms in total. The van der Waals surface area contributed by atoms with Crippen molar-refractivity contribution in [2.45, 2.75) is 46.3 Å². The van der Waals surface area contributed by atoms with Crippen molar-refractivity contribution in [3.8, 4) is 11.5 Å². The van der Waals surface area contributed by atoms with Crippen molar-refractivity contribution in [1.29, 1.82) is 0 Å². The van der Waals surface area contributed by atoms with Crippen molar-refractivity contribution >= 4 is 12.0 Å². The zero-order chi connectivity index (χ0) is 23.1. The standard InChI is InChI=1S/C25H30N2O5/c1-5-9-19-21(24(28)31-6-2)22(27-25(29)26-19)18-12-8-13-20(30-4)23(18)32-15-17-11-7-10-16(3)14-17/h7-8,10-14,22H,5-6,9,15H2,1-4H3,(H2,26,27,29). The van der Waals surface area contributed by atoms with Crippen LogP contribution in [-0.4, -0.2) is 25.7 Å². The highest BCUT2D eigenvalue weighted by Gasteiger charge is 2.35. The van der Waals surface area contributed by atoms with Gasteiger partial charge in [0, 0.05) is 11.3 Å². The number of benzene rings is 2. The Morgan fingerprint density at radius 3 is 2.59 bits per heavy atom. The number of nitrogens with one attached hydrogen (secondary N) is 2. The summed E-state index contributed by atoms with van der Waals surface area (Å²) in [4.78, 5) is 25.4. The third kappa shape index (κ3) is 5.22. The van der Waals surface area contributed by atoms with Crippen molar-refractivity contribution in [2.75, 3.05) is 13.7 Å². The maximum absolute atomic E-state index is 12.9. The van der Waals surface area contributed by atoms with Gasteiger partial charge >= 0.3 is 12.0 Å². The lowest BCUT2D eigenvalue weighted by Gasteiger charge is -2.30. The van der Waals surface area contributed by atoms with Crippen LogP contribution in [0.2, 0.25) is 0 Å². The van der Waals surface area contributed by atoms with Gasteiger partial charge < -0.3 is 24.8 Å². The van der Waals surface area contributed by atoms with Crippen LogP contribution in [-0.2, 0) is 16.1 Å². The number of para-hydroxylation sites is 1. The largest absolute Gasteiger partial charge is 0.493 e. The topological polar surface area (TPSA) is 85.9 Å². The first kappa shape index (κ1) is 23.2. The Labute approximate surface area is 188 Å². The summed E-state index contributed by atoms with van der Waals surface area (Å²) in [6, 6.07) is 12.3. The Balaban J connectivity index is 2.06. The predicted molar refractivity (Wildman–Crippen MR) is 121 cm³/mol. The molecule has 0 spiro atoms. The van der Waals surface area contributed by atoms with Crippen molar-refractivity contribution in [3.05, 3.63) is 70.4 Å². The van der Waals surface area contributed by atoms with E-state index in [0.29, 0.717) is 41.4 Å². The second-order valence-electron chi connectivity index (χ2n) is 7.55. The normalized spacial score (nSPS) is 15.6. The van der Waals surface area contributed by atoms with Crippen LogP contribution in [0.3, 0.4) is 0 Å². The van der Waals surface area contributed by atoms with E-state index in [-0.39, 0.29) is 12.6 Å². The van der Waals surface area contributed by atoms with Gasteiger partial charge in [-0.1, -0.05) is 55.3 Å². The van der Waals surface area contributed by atoms with Crippen LogP contribution in [0.25, 0.3) is 0 Å². The lowest BCUT2D eigenvalue weighted by atomic mass is 9.93. The maximum Gasteiger partial charge on any atom is 0.338 e. The van der Waals surface area contributed by atoms with Crippen molar-refractivity contribution in [3.63, 3.8) is 0 Å². The summed E-state index contributed by atoms with van der Waals surface area (Å²) in [6.45, 7) is 6.31. The number of carbonyl (C=O) groups excluding carboxylic acids is 2. The first-order valence-electron chi connectivity index (χ1n) is 10.8. The van der Waals surface area contributed by atoms with Gasteiger partial charge in [-0.25, -0.2) is 9.59 Å². The molecule has 1 atom stereocenters. The van der Waals surface area contributed by atoms with Crippen LogP contribution in [0.5, 0.6) is 11.5 Å². The lowest BCUT2D eigenvalue weighted by Crippen LogP contribution is -2.46. The Hall–Kier alpha value is -3.48. The Kier molecular flexibility index (Phi) is 7.76. The van der Waals surface area contributed by atoms with E-state index in [0.717, 1.165) is 17.5 Å². The molecule has 170 valence electrons. The van der Waals surface area contributed by atoms with E-state index in [1.54, 1.807) is 20.1 Å². The molecule has 0 aromatic heterocycles. The fraction of sp³-hybridized carbons (Fsp3) is 0.360. The third-order valence-corrected chi connectivity index (χ3v) is 5.15. The second-order valence-corrected chi connectivity index (χ2v) is 7.55. The van der Waals surface area contributed by atoms with E-state index >= 15 is 0 Å². The summed E-state index contributed by atoms with van der Waals surface area (Å²) in [5.74, 6) is 0.519. The van der Waals surface area contributed by atoms with E-state index in [2.05, 4.69) is 10.6 Å². The molecule has 0 saturated carbocycles. The molecule has 1 aliphatic rings. The number of aryl methyl sites for hydroxylation is 1. The second kappa shape index (κ2) is 10.7. The fourth-order valence-corrected chi connectivity index (χ4v) is 3.78. The maximum atomic E-state index is 12.9. The van der Waals surface area contributed by atoms with Gasteiger partial charge in [0.05, 0.1) is 25.3 Å². The minimum absolute atomic E-state index is 0.233. The fourth-order valence-electron chi connectivity index (χ4n) is 3.78. The highest BCUT2D eigenvalue weighted by Crippen LogP contribution is 2.40. The number of amides is 2. The molecule has 0 saturated heterocycles. The first-order chi connectivity index (χ1) is 15.5. The Bertz CT molecular complexity index is 1020. The SMILES string of the molecule is CCCC1=C(C(=O)OCC)C(c2cccc(OC)c2OCc2cccc(C)c2)NC(=O)N1. The number of esters is 1. The Morgan fingerprint density at radius 2 is 1.91 bits per heavy atom. The molecule has 1 unspecified atom stereocenters. The van der Waals surface area contributed by atoms with Crippen LogP contribution < -0.4 is 20.1 Å². The highest BCUT2D eigenvalue weighted by molar-refractivity contribution is 5.95. The summed E-state index contributed by atoms with van der Waals surface area (Å²) in [5, 5.41) is 5.64. The van der Waals surface area contributed by atoms with E-state index in [1.165, 1.54) is 0 Å². The van der Waals surface area contributed by atoms with Crippen LogP contribution in [0, 0.1) is 6.92 Å². The molecule has 0 radical (unpaired) electrons. The molecular formula is C25H30N2O5. The monoisotopic (exact) mass is 438 g/mol. The molecule has 1 aliphatic heterocycles. The molecule has 32 heavy (non-hydrogen) atoms. The molecular weight excluding hydrogens is 408 g/mol. The number of allylic oxidation sites excluding steroid dienone is 1. The number of ether oxygens (including phenoxy) is 3. The van der Waals surface area contributed by atoms with Crippen LogP contribution in [0.15, 0.2) is 53.7 Å². The predicted octanol–water partition coefficient (Wildman–Crippen LogP) is 4.55. The van der Waals surface area contributed by atoms with Crippen molar-refractivity contribution in [2.24, 2.45) is 0 Å². The van der Waals surface area contributed by atoms with Crippen LogP contribution in [0.1, 0.15) is 49.4 Å². The van der Waals surface area contributed by atoms with Gasteiger partial charge in [-0.2, -0.15) is 0 Å². The number of carbonyl (C=O) groups is 2. The molecule has 0 bridgehead atoms. The zero-order valence-electron chi connectivity index (χ0n) is 19.0. The summed E-state index contributed by atoms with van der Waals surface area (Å²) >= 11 is 0. The first-order valence-corrected chi connectivity index (χ1v) is 10.8.